The SMILES string of the molecule is CC1(C)CC(OC(=O)CCC=O)CC(C)(C)N1.COC1CC(C)(C)N(O)C(C)(C)C1. The first kappa shape index (κ1) is 27.0. The van der Waals surface area contributed by atoms with Crippen LogP contribution in [0.3, 0.4) is 0 Å². The van der Waals surface area contributed by atoms with Gasteiger partial charge >= 0.3 is 5.97 Å². The third-order valence-corrected chi connectivity index (χ3v) is 5.85. The van der Waals surface area contributed by atoms with Crippen molar-refractivity contribution < 1.29 is 24.3 Å². The molecule has 0 aromatic rings. The third-order valence-electron chi connectivity index (χ3n) is 5.85. The van der Waals surface area contributed by atoms with E-state index in [9.17, 15) is 14.8 Å². The number of piperidine rings is 2. The highest BCUT2D eigenvalue weighted by molar-refractivity contribution is 5.72. The average molecular weight is 429 g/mol. The summed E-state index contributed by atoms with van der Waals surface area (Å²) in [6.07, 6.45) is 4.76. The summed E-state index contributed by atoms with van der Waals surface area (Å²) in [4.78, 5) is 21.7. The number of nitrogens with one attached hydrogen (secondary N) is 1. The van der Waals surface area contributed by atoms with Crippen molar-refractivity contribution in [1.29, 1.82) is 0 Å². The maximum absolute atomic E-state index is 11.5. The van der Waals surface area contributed by atoms with E-state index in [0.29, 0.717) is 0 Å². The zero-order chi connectivity index (χ0) is 23.4. The van der Waals surface area contributed by atoms with E-state index in [-0.39, 0.29) is 53.2 Å². The molecule has 0 saturated carbocycles. The van der Waals surface area contributed by atoms with E-state index in [1.54, 1.807) is 7.11 Å². The van der Waals surface area contributed by atoms with Crippen LogP contribution in [0.1, 0.15) is 93.9 Å². The van der Waals surface area contributed by atoms with Crippen LogP contribution in [0, 0.1) is 0 Å². The van der Waals surface area contributed by atoms with Gasteiger partial charge in [0.05, 0.1) is 12.5 Å². The average Bonchev–Trinajstić information content (AvgIpc) is 2.54. The molecule has 0 aromatic carbocycles. The van der Waals surface area contributed by atoms with Crippen LogP contribution >= 0.6 is 0 Å². The van der Waals surface area contributed by atoms with Gasteiger partial charge in [0.1, 0.15) is 12.4 Å². The van der Waals surface area contributed by atoms with Gasteiger partial charge < -0.3 is 24.8 Å². The van der Waals surface area contributed by atoms with Crippen molar-refractivity contribution >= 4 is 12.3 Å². The molecule has 2 fully saturated rings. The number of methoxy groups -OCH3 is 1. The van der Waals surface area contributed by atoms with Crippen molar-refractivity contribution in [3.05, 3.63) is 0 Å². The fraction of sp³-hybridized carbons (Fsp3) is 0.913. The van der Waals surface area contributed by atoms with Crippen molar-refractivity contribution in [1.82, 2.24) is 10.4 Å². The Bertz CT molecular complexity index is 552. The van der Waals surface area contributed by atoms with E-state index < -0.39 is 0 Å². The number of hydroxylamine groups is 2. The van der Waals surface area contributed by atoms with Crippen LogP contribution in [-0.4, -0.2) is 64.0 Å². The largest absolute Gasteiger partial charge is 0.462 e. The molecule has 0 radical (unpaired) electrons. The van der Waals surface area contributed by atoms with E-state index in [0.717, 1.165) is 32.0 Å². The van der Waals surface area contributed by atoms with E-state index in [2.05, 4.69) is 33.0 Å². The smallest absolute Gasteiger partial charge is 0.306 e. The van der Waals surface area contributed by atoms with E-state index in [1.165, 1.54) is 5.06 Å². The Labute approximate surface area is 182 Å². The predicted octanol–water partition coefficient (Wildman–Crippen LogP) is 3.86. The molecule has 7 nitrogen and oxygen atoms in total. The Morgan fingerprint density at radius 1 is 0.967 bits per heavy atom. The lowest BCUT2D eigenvalue weighted by Crippen LogP contribution is -2.60. The summed E-state index contributed by atoms with van der Waals surface area (Å²) in [7, 11) is 1.74. The van der Waals surface area contributed by atoms with Crippen molar-refractivity contribution in [3.8, 4) is 0 Å². The first-order chi connectivity index (χ1) is 13.5. The van der Waals surface area contributed by atoms with Crippen molar-refractivity contribution in [2.75, 3.05) is 7.11 Å². The number of rotatable bonds is 5. The number of aldehydes is 1. The molecule has 0 spiro atoms. The highest BCUT2D eigenvalue weighted by Gasteiger charge is 2.45. The Balaban J connectivity index is 0.000000311. The lowest BCUT2D eigenvalue weighted by molar-refractivity contribution is -0.259. The molecule has 0 unspecified atom stereocenters. The second-order valence-corrected chi connectivity index (χ2v) is 11.3. The fourth-order valence-electron chi connectivity index (χ4n) is 5.08. The van der Waals surface area contributed by atoms with Gasteiger partial charge in [0, 0.05) is 48.5 Å². The maximum atomic E-state index is 11.5. The van der Waals surface area contributed by atoms with Gasteiger partial charge in [0.15, 0.2) is 0 Å². The van der Waals surface area contributed by atoms with Gasteiger partial charge in [-0.05, 0) is 68.2 Å². The zero-order valence-electron chi connectivity index (χ0n) is 20.5. The molecule has 0 aliphatic carbocycles. The zero-order valence-corrected chi connectivity index (χ0v) is 20.5. The number of ether oxygens (including phenoxy) is 2. The van der Waals surface area contributed by atoms with Crippen molar-refractivity contribution in [2.24, 2.45) is 0 Å². The summed E-state index contributed by atoms with van der Waals surface area (Å²) in [6, 6.07) is 0. The molecule has 2 heterocycles. The topological polar surface area (TPSA) is 88.1 Å². The Morgan fingerprint density at radius 2 is 1.43 bits per heavy atom. The molecule has 7 heteroatoms. The predicted molar refractivity (Wildman–Crippen MR) is 118 cm³/mol. The van der Waals surface area contributed by atoms with Gasteiger partial charge in [-0.15, -0.1) is 0 Å². The summed E-state index contributed by atoms with van der Waals surface area (Å²) in [5, 5.41) is 15.0. The highest BCUT2D eigenvalue weighted by Crippen LogP contribution is 2.37. The molecule has 2 aliphatic heterocycles. The number of hydrogen-bond donors (Lipinski definition) is 2. The minimum Gasteiger partial charge on any atom is -0.462 e. The fourth-order valence-corrected chi connectivity index (χ4v) is 5.08. The summed E-state index contributed by atoms with van der Waals surface area (Å²) in [6.45, 7) is 16.6. The summed E-state index contributed by atoms with van der Waals surface area (Å²) >= 11 is 0. The molecular weight excluding hydrogens is 384 g/mol. The molecule has 0 aromatic heterocycles. The second-order valence-electron chi connectivity index (χ2n) is 11.3. The van der Waals surface area contributed by atoms with Crippen LogP contribution in [0.2, 0.25) is 0 Å². The van der Waals surface area contributed by atoms with E-state index in [4.69, 9.17) is 9.47 Å². The van der Waals surface area contributed by atoms with Gasteiger partial charge in [-0.25, -0.2) is 0 Å². The van der Waals surface area contributed by atoms with Crippen LogP contribution in [0.4, 0.5) is 0 Å². The third kappa shape index (κ3) is 8.25. The Morgan fingerprint density at radius 3 is 1.83 bits per heavy atom. The van der Waals surface area contributed by atoms with Gasteiger partial charge in [0.25, 0.3) is 0 Å². The number of carbonyl (C=O) groups excluding carboxylic acids is 2. The van der Waals surface area contributed by atoms with Gasteiger partial charge in [-0.1, -0.05) is 0 Å². The number of esters is 1. The monoisotopic (exact) mass is 428 g/mol. The molecule has 2 aliphatic rings. The summed E-state index contributed by atoms with van der Waals surface area (Å²) in [5.74, 6) is -0.268. The summed E-state index contributed by atoms with van der Waals surface area (Å²) in [5.41, 5.74) is -0.445. The van der Waals surface area contributed by atoms with E-state index >= 15 is 0 Å². The summed E-state index contributed by atoms with van der Waals surface area (Å²) < 4.78 is 10.8. The second kappa shape index (κ2) is 10.1. The minimum absolute atomic E-state index is 0.0304. The Hall–Kier alpha value is -1.02. The molecular formula is C23H44N2O5. The first-order valence-corrected chi connectivity index (χ1v) is 11.0. The van der Waals surface area contributed by atoms with Crippen LogP contribution in [0.15, 0.2) is 0 Å². The van der Waals surface area contributed by atoms with Crippen LogP contribution in [0.25, 0.3) is 0 Å². The molecule has 2 rings (SSSR count). The molecule has 176 valence electrons. The number of carbonyl (C=O) groups is 2. The van der Waals surface area contributed by atoms with Crippen LogP contribution < -0.4 is 5.32 Å². The highest BCUT2D eigenvalue weighted by atomic mass is 16.5. The van der Waals surface area contributed by atoms with Crippen LogP contribution in [-0.2, 0) is 19.1 Å². The number of hydrogen-bond acceptors (Lipinski definition) is 7. The quantitative estimate of drug-likeness (QED) is 0.508. The first-order valence-electron chi connectivity index (χ1n) is 11.0. The molecule has 2 saturated heterocycles. The molecule has 0 amide bonds. The molecule has 0 bridgehead atoms. The lowest BCUT2D eigenvalue weighted by atomic mass is 9.80. The minimum atomic E-state index is -0.268. The molecule has 2 N–H and O–H groups in total. The maximum Gasteiger partial charge on any atom is 0.306 e. The number of nitrogens with zero attached hydrogens (tertiary/aromatic N) is 1. The molecule has 30 heavy (non-hydrogen) atoms. The van der Waals surface area contributed by atoms with Gasteiger partial charge in [0.2, 0.25) is 0 Å². The van der Waals surface area contributed by atoms with E-state index in [1.807, 2.05) is 27.7 Å². The van der Waals surface area contributed by atoms with Gasteiger partial charge in [-0.3, -0.25) is 4.79 Å². The van der Waals surface area contributed by atoms with Crippen LogP contribution in [0.5, 0.6) is 0 Å². The standard InChI is InChI=1S/C13H23NO3.C10H21NO2/c1-12(2)8-10(9-13(3,4)14-12)17-11(16)6-5-7-15;1-9(2)6-8(13-5)7-10(3,4)11(9)12/h7,10,14H,5-6,8-9H2,1-4H3;8,12H,6-7H2,1-5H3. The normalized spacial score (nSPS) is 25.7. The van der Waals surface area contributed by atoms with Crippen molar-refractivity contribution in [3.63, 3.8) is 0 Å². The molecule has 0 atom stereocenters. The Kier molecular flexibility index (Phi) is 9.07. The van der Waals surface area contributed by atoms with Gasteiger partial charge in [-0.2, -0.15) is 5.06 Å². The van der Waals surface area contributed by atoms with Crippen molar-refractivity contribution in [2.45, 2.75) is 128 Å². The lowest BCUT2D eigenvalue weighted by Gasteiger charge is -2.51.